The van der Waals surface area contributed by atoms with Crippen molar-refractivity contribution < 1.29 is 61.0 Å². The van der Waals surface area contributed by atoms with E-state index in [4.69, 9.17) is 42.5 Å². The van der Waals surface area contributed by atoms with Gasteiger partial charge in [0.2, 0.25) is 0 Å². The first kappa shape index (κ1) is 32.0. The first-order valence-electron chi connectivity index (χ1n) is 13.0. The highest BCUT2D eigenvalue weighted by molar-refractivity contribution is 7.48. The molecule has 0 spiro atoms. The summed E-state index contributed by atoms with van der Waals surface area (Å²) in [6, 6.07) is 0.994. The number of nitrogens with two attached hydrogens (primary N) is 1. The van der Waals surface area contributed by atoms with Crippen LogP contribution in [0.2, 0.25) is 0 Å². The smallest absolute Gasteiger partial charge is 0.387 e. The molecule has 3 fully saturated rings. The predicted octanol–water partition coefficient (Wildman–Crippen LogP) is -1.27. The number of rotatable bonds is 5. The van der Waals surface area contributed by atoms with Crippen molar-refractivity contribution in [1.29, 1.82) is 0 Å². The maximum Gasteiger partial charge on any atom is 0.502 e. The van der Waals surface area contributed by atoms with E-state index in [9.17, 15) is 28.9 Å². The van der Waals surface area contributed by atoms with Crippen molar-refractivity contribution in [2.75, 3.05) is 33.2 Å². The van der Waals surface area contributed by atoms with Crippen molar-refractivity contribution in [3.05, 3.63) is 45.8 Å². The van der Waals surface area contributed by atoms with Crippen molar-refractivity contribution >= 4 is 32.6 Å². The highest BCUT2D eigenvalue weighted by Crippen LogP contribution is 2.57. The first-order chi connectivity index (χ1) is 21.5. The van der Waals surface area contributed by atoms with Gasteiger partial charge >= 0.3 is 21.3 Å². The minimum atomic E-state index is -4.84. The molecule has 3 saturated heterocycles. The number of H-pyrrole nitrogens is 1. The molecular formula is C21H27N7O15P2. The van der Waals surface area contributed by atoms with E-state index in [1.807, 2.05) is 4.98 Å². The molecule has 6 rings (SSSR count). The topological polar surface area (TPSA) is 282 Å². The third-order valence-electron chi connectivity index (χ3n) is 7.09. The molecule has 5 N–H and O–H groups in total. The summed E-state index contributed by atoms with van der Waals surface area (Å²) in [5.41, 5.74) is 4.56. The fourth-order valence-electron chi connectivity index (χ4n) is 5.01. The molecule has 3 aliphatic heterocycles. The van der Waals surface area contributed by atoms with E-state index in [2.05, 4.69) is 19.8 Å². The summed E-state index contributed by atoms with van der Waals surface area (Å²) in [6.07, 6.45) is -8.73. The quantitative estimate of drug-likeness (QED) is 0.139. The lowest BCUT2D eigenvalue weighted by Crippen LogP contribution is -2.39. The molecule has 0 amide bonds. The Balaban J connectivity index is 1.36. The zero-order chi connectivity index (χ0) is 32.1. The number of anilines is 1. The van der Waals surface area contributed by atoms with E-state index in [0.29, 0.717) is 0 Å². The van der Waals surface area contributed by atoms with Crippen LogP contribution >= 0.6 is 15.6 Å². The molecule has 3 aromatic heterocycles. The van der Waals surface area contributed by atoms with Crippen molar-refractivity contribution in [3.8, 4) is 0 Å². The van der Waals surface area contributed by atoms with Crippen molar-refractivity contribution in [2.24, 2.45) is 0 Å². The molecule has 0 radical (unpaired) electrons. The molecule has 2 bridgehead atoms. The molecule has 0 aromatic carbocycles. The standard InChI is InChI=1S/C21H27N7O15P2/c1-35-43-45(34)38-6-10-15(14(31)19(40-10)28-8-25-12-17(22)23-7-24-18(12)28)41-44(33,36-2)37-5-9-13(30)16(42-45)20(39-9)27-4-3-11(29)26-21(27)32/h3-4,7-10,13-16,19-20,30-31H,5-6H2,1-2H3,(H2,22,23,24)(H,26,29,32)/t9-,10-,13-,14-,15-,16-,19-,20-,44?,45?/m1/s1. The number of nitrogens with zero attached hydrogens (tertiary/aromatic N) is 5. The van der Waals surface area contributed by atoms with Gasteiger partial charge in [-0.1, -0.05) is 0 Å². The molecular weight excluding hydrogens is 652 g/mol. The summed E-state index contributed by atoms with van der Waals surface area (Å²) in [6.45, 7) is -1.43. The van der Waals surface area contributed by atoms with Crippen LogP contribution < -0.4 is 17.0 Å². The molecule has 10 atom stereocenters. The molecule has 3 aliphatic rings. The number of imidazole rings is 1. The average Bonchev–Trinajstić information content (AvgIpc) is 3.66. The van der Waals surface area contributed by atoms with Crippen LogP contribution in [0.4, 0.5) is 5.82 Å². The number of aliphatic hydroxyl groups is 2. The number of fused-ring (bicyclic) bond motifs is 4. The van der Waals surface area contributed by atoms with E-state index in [0.717, 1.165) is 31.0 Å². The van der Waals surface area contributed by atoms with Gasteiger partial charge in [-0.2, -0.15) is 0 Å². The first-order valence-corrected chi connectivity index (χ1v) is 15.9. The Kier molecular flexibility index (Phi) is 8.78. The van der Waals surface area contributed by atoms with Crippen LogP contribution in [0.25, 0.3) is 11.2 Å². The lowest BCUT2D eigenvalue weighted by Gasteiger charge is -2.27. The molecule has 3 aromatic rings. The van der Waals surface area contributed by atoms with Gasteiger partial charge in [0.15, 0.2) is 23.9 Å². The van der Waals surface area contributed by atoms with Crippen LogP contribution in [-0.2, 0) is 50.8 Å². The molecule has 0 aliphatic carbocycles. The lowest BCUT2D eigenvalue weighted by atomic mass is 10.1. The van der Waals surface area contributed by atoms with Gasteiger partial charge in [-0.15, -0.1) is 4.67 Å². The number of aromatic nitrogens is 6. The number of hydrogen-bond donors (Lipinski definition) is 4. The Hall–Kier alpha value is -2.95. The minimum Gasteiger partial charge on any atom is -0.387 e. The SMILES string of the molecule is COOP1(=O)OC[C@H]2O[C@@H](n3cnc4c(N)ncnc43)[C@H](O)[C@@H]2OP(=O)(OC)OC[C@H]2O[C@@H](n3ccc(=O)[nH]c3=O)[C@H](O1)[C@@H]2O. The zero-order valence-electron chi connectivity index (χ0n) is 23.3. The molecule has 22 nitrogen and oxygen atoms in total. The molecule has 45 heavy (non-hydrogen) atoms. The monoisotopic (exact) mass is 679 g/mol. The molecule has 6 heterocycles. The number of aliphatic hydroxyl groups excluding tert-OH is 2. The normalized spacial score (nSPS) is 37.5. The van der Waals surface area contributed by atoms with Crippen LogP contribution in [0.15, 0.2) is 34.5 Å². The Bertz CT molecular complexity index is 1770. The molecule has 0 saturated carbocycles. The average molecular weight is 679 g/mol. The third-order valence-corrected chi connectivity index (χ3v) is 9.81. The van der Waals surface area contributed by atoms with Crippen LogP contribution in [0, 0.1) is 0 Å². The largest absolute Gasteiger partial charge is 0.502 e. The Morgan fingerprint density at radius 2 is 1.67 bits per heavy atom. The van der Waals surface area contributed by atoms with Gasteiger partial charge in [-0.05, 0) is 0 Å². The summed E-state index contributed by atoms with van der Waals surface area (Å²) in [4.78, 5) is 42.9. The maximum absolute atomic E-state index is 13.8. The second-order valence-corrected chi connectivity index (χ2v) is 13.0. The second kappa shape index (κ2) is 12.3. The van der Waals surface area contributed by atoms with Gasteiger partial charge in [0.05, 0.1) is 26.7 Å². The highest BCUT2D eigenvalue weighted by atomic mass is 31.2. The predicted molar refractivity (Wildman–Crippen MR) is 143 cm³/mol. The molecule has 2 unspecified atom stereocenters. The van der Waals surface area contributed by atoms with Gasteiger partial charge in [0.1, 0.15) is 48.5 Å². The van der Waals surface area contributed by atoms with E-state index in [1.165, 1.54) is 17.2 Å². The second-order valence-electron chi connectivity index (χ2n) is 9.76. The number of nitrogens with one attached hydrogen (secondary N) is 1. The van der Waals surface area contributed by atoms with E-state index in [-0.39, 0.29) is 17.0 Å². The Morgan fingerprint density at radius 1 is 0.956 bits per heavy atom. The van der Waals surface area contributed by atoms with Gasteiger partial charge in [-0.25, -0.2) is 33.8 Å². The van der Waals surface area contributed by atoms with Gasteiger partial charge < -0.3 is 25.4 Å². The van der Waals surface area contributed by atoms with Gasteiger partial charge in [0, 0.05) is 19.4 Å². The Morgan fingerprint density at radius 3 is 2.40 bits per heavy atom. The van der Waals surface area contributed by atoms with Crippen molar-refractivity contribution in [1.82, 2.24) is 29.1 Å². The fourth-order valence-corrected chi connectivity index (χ4v) is 7.32. The third kappa shape index (κ3) is 6.01. The highest BCUT2D eigenvalue weighted by Gasteiger charge is 2.55. The fraction of sp³-hybridized carbons (Fsp3) is 0.571. The van der Waals surface area contributed by atoms with Crippen LogP contribution in [0.3, 0.4) is 0 Å². The van der Waals surface area contributed by atoms with E-state index in [1.54, 1.807) is 0 Å². The van der Waals surface area contributed by atoms with Gasteiger partial charge in [-0.3, -0.25) is 41.5 Å². The van der Waals surface area contributed by atoms with Crippen LogP contribution in [0.5, 0.6) is 0 Å². The number of hydrogen-bond acceptors (Lipinski definition) is 19. The summed E-state index contributed by atoms with van der Waals surface area (Å²) in [5, 5.41) is 22.4. The van der Waals surface area contributed by atoms with E-state index >= 15 is 0 Å². The van der Waals surface area contributed by atoms with Gasteiger partial charge in [0.25, 0.3) is 5.56 Å². The molecule has 246 valence electrons. The summed E-state index contributed by atoms with van der Waals surface area (Å²) in [5.74, 6) is 0.0573. The van der Waals surface area contributed by atoms with E-state index < -0.39 is 89.2 Å². The minimum absolute atomic E-state index is 0.0573. The molecule has 24 heteroatoms. The number of ether oxygens (including phenoxy) is 2. The summed E-state index contributed by atoms with van der Waals surface area (Å²) < 4.78 is 73.2. The summed E-state index contributed by atoms with van der Waals surface area (Å²) in [7, 11) is -7.41. The van der Waals surface area contributed by atoms with Crippen molar-refractivity contribution in [3.63, 3.8) is 0 Å². The number of phosphoric acid groups is 2. The number of aromatic amines is 1. The maximum atomic E-state index is 13.8. The summed E-state index contributed by atoms with van der Waals surface area (Å²) >= 11 is 0. The number of phosphoric ester groups is 2. The van der Waals surface area contributed by atoms with Crippen LogP contribution in [0.1, 0.15) is 12.5 Å². The Labute approximate surface area is 251 Å². The van der Waals surface area contributed by atoms with Crippen LogP contribution in [-0.4, -0.2) is 103 Å². The number of nitrogen functional groups attached to an aromatic ring is 1. The lowest BCUT2D eigenvalue weighted by molar-refractivity contribution is -0.209. The van der Waals surface area contributed by atoms with Crippen molar-refractivity contribution in [2.45, 2.75) is 49.1 Å². The zero-order valence-corrected chi connectivity index (χ0v) is 25.0.